The number of ether oxygens (including phenoxy) is 3. The standard InChI is InChI=1S/C23H21BrClNO5/c1-29-20-9-6-15(24)10-17(20)21-18(22(27)30-2)12-26(13-19(21)23(28)31-3)11-14-4-7-16(25)8-5-14/h4-10,12-13,21H,11H2,1-3H3. The van der Waals surface area contributed by atoms with Gasteiger partial charge in [0.2, 0.25) is 0 Å². The molecule has 0 aliphatic carbocycles. The minimum atomic E-state index is -0.728. The van der Waals surface area contributed by atoms with E-state index in [-0.39, 0.29) is 11.1 Å². The molecule has 162 valence electrons. The number of halogens is 2. The maximum absolute atomic E-state index is 12.8. The first-order chi connectivity index (χ1) is 14.9. The fraction of sp³-hybridized carbons (Fsp3) is 0.217. The van der Waals surface area contributed by atoms with E-state index < -0.39 is 17.9 Å². The molecule has 0 atom stereocenters. The molecular weight excluding hydrogens is 486 g/mol. The minimum Gasteiger partial charge on any atom is -0.496 e. The van der Waals surface area contributed by atoms with Crippen LogP contribution in [0.3, 0.4) is 0 Å². The van der Waals surface area contributed by atoms with E-state index in [1.807, 2.05) is 24.3 Å². The van der Waals surface area contributed by atoms with Crippen molar-refractivity contribution in [1.82, 2.24) is 4.90 Å². The van der Waals surface area contributed by atoms with Crippen LogP contribution in [-0.2, 0) is 25.6 Å². The summed E-state index contributed by atoms with van der Waals surface area (Å²) in [7, 11) is 4.14. The van der Waals surface area contributed by atoms with Crippen molar-refractivity contribution in [2.45, 2.75) is 12.5 Å². The Labute approximate surface area is 194 Å². The second kappa shape index (κ2) is 10.0. The van der Waals surface area contributed by atoms with Crippen molar-refractivity contribution in [3.63, 3.8) is 0 Å². The molecule has 0 aromatic heterocycles. The molecule has 31 heavy (non-hydrogen) atoms. The van der Waals surface area contributed by atoms with Gasteiger partial charge in [-0.2, -0.15) is 0 Å². The summed E-state index contributed by atoms with van der Waals surface area (Å²) in [6.45, 7) is 0.417. The topological polar surface area (TPSA) is 65.1 Å². The molecule has 0 bridgehead atoms. The van der Waals surface area contributed by atoms with Gasteiger partial charge in [0.1, 0.15) is 5.75 Å². The number of benzene rings is 2. The molecule has 0 N–H and O–H groups in total. The van der Waals surface area contributed by atoms with E-state index in [1.54, 1.807) is 35.5 Å². The molecule has 0 amide bonds. The minimum absolute atomic E-state index is 0.288. The van der Waals surface area contributed by atoms with Crippen molar-refractivity contribution in [3.05, 3.63) is 86.6 Å². The summed E-state index contributed by atoms with van der Waals surface area (Å²) in [5, 5.41) is 0.626. The number of carbonyl (C=O) groups is 2. The van der Waals surface area contributed by atoms with E-state index in [4.69, 9.17) is 25.8 Å². The second-order valence-electron chi connectivity index (χ2n) is 6.77. The van der Waals surface area contributed by atoms with Crippen molar-refractivity contribution in [3.8, 4) is 5.75 Å². The lowest BCUT2D eigenvalue weighted by atomic mass is 9.82. The summed E-state index contributed by atoms with van der Waals surface area (Å²) in [5.74, 6) is -1.30. The highest BCUT2D eigenvalue weighted by molar-refractivity contribution is 9.10. The molecule has 8 heteroatoms. The third kappa shape index (κ3) is 5.11. The molecule has 0 saturated carbocycles. The fourth-order valence-electron chi connectivity index (χ4n) is 3.45. The molecule has 2 aromatic rings. The molecule has 0 saturated heterocycles. The smallest absolute Gasteiger partial charge is 0.336 e. The summed E-state index contributed by atoms with van der Waals surface area (Å²) >= 11 is 9.43. The van der Waals surface area contributed by atoms with Gasteiger partial charge in [0.05, 0.1) is 38.4 Å². The molecule has 0 unspecified atom stereocenters. The number of nitrogens with zero attached hydrogens (tertiary/aromatic N) is 1. The van der Waals surface area contributed by atoms with Gasteiger partial charge >= 0.3 is 11.9 Å². The number of carbonyl (C=O) groups excluding carboxylic acids is 2. The van der Waals surface area contributed by atoms with Gasteiger partial charge < -0.3 is 19.1 Å². The van der Waals surface area contributed by atoms with Crippen LogP contribution in [0.15, 0.2) is 70.5 Å². The fourth-order valence-corrected chi connectivity index (χ4v) is 3.95. The Bertz CT molecular complexity index is 1010. The van der Waals surface area contributed by atoms with E-state index in [2.05, 4.69) is 15.9 Å². The van der Waals surface area contributed by atoms with Gasteiger partial charge in [-0.3, -0.25) is 0 Å². The Balaban J connectivity index is 2.13. The second-order valence-corrected chi connectivity index (χ2v) is 8.12. The van der Waals surface area contributed by atoms with Gasteiger partial charge in [-0.25, -0.2) is 9.59 Å². The van der Waals surface area contributed by atoms with Crippen LogP contribution in [0, 0.1) is 0 Å². The SMILES string of the molecule is COC(=O)C1=CN(Cc2ccc(Cl)cc2)C=C(C(=O)OC)C1c1cc(Br)ccc1OC. The third-order valence-corrected chi connectivity index (χ3v) is 5.60. The van der Waals surface area contributed by atoms with Crippen LogP contribution in [0.25, 0.3) is 0 Å². The maximum Gasteiger partial charge on any atom is 0.336 e. The molecule has 6 nitrogen and oxygen atoms in total. The average Bonchev–Trinajstić information content (AvgIpc) is 2.78. The number of methoxy groups -OCH3 is 3. The highest BCUT2D eigenvalue weighted by atomic mass is 79.9. The van der Waals surface area contributed by atoms with E-state index in [9.17, 15) is 9.59 Å². The first kappa shape index (κ1) is 22.9. The first-order valence-electron chi connectivity index (χ1n) is 9.31. The number of hydrogen-bond acceptors (Lipinski definition) is 6. The maximum atomic E-state index is 12.8. The van der Waals surface area contributed by atoms with Gasteiger partial charge in [-0.1, -0.05) is 39.7 Å². The van der Waals surface area contributed by atoms with Crippen molar-refractivity contribution in [1.29, 1.82) is 0 Å². The third-order valence-electron chi connectivity index (χ3n) is 4.86. The monoisotopic (exact) mass is 505 g/mol. The van der Waals surface area contributed by atoms with E-state index in [0.717, 1.165) is 10.0 Å². The molecule has 0 radical (unpaired) electrons. The van der Waals surface area contributed by atoms with Gasteiger partial charge in [-0.05, 0) is 35.9 Å². The zero-order valence-electron chi connectivity index (χ0n) is 17.2. The van der Waals surface area contributed by atoms with E-state index in [1.165, 1.54) is 21.3 Å². The highest BCUT2D eigenvalue weighted by Crippen LogP contribution is 2.42. The Kier molecular flexibility index (Phi) is 7.41. The van der Waals surface area contributed by atoms with E-state index >= 15 is 0 Å². The van der Waals surface area contributed by atoms with Gasteiger partial charge in [-0.15, -0.1) is 0 Å². The molecule has 1 aliphatic heterocycles. The van der Waals surface area contributed by atoms with Gasteiger partial charge in [0, 0.05) is 34.0 Å². The summed E-state index contributed by atoms with van der Waals surface area (Å²) in [4.78, 5) is 27.3. The van der Waals surface area contributed by atoms with Crippen LogP contribution in [0.1, 0.15) is 17.0 Å². The van der Waals surface area contributed by atoms with Gasteiger partial charge in [0.25, 0.3) is 0 Å². The number of rotatable bonds is 6. The number of esters is 2. The lowest BCUT2D eigenvalue weighted by molar-refractivity contribution is -0.137. The Morgan fingerprint density at radius 3 is 2.06 bits per heavy atom. The molecule has 2 aromatic carbocycles. The average molecular weight is 507 g/mol. The summed E-state index contributed by atoms with van der Waals surface area (Å²) in [5.41, 5.74) is 2.16. The van der Waals surface area contributed by atoms with Crippen molar-refractivity contribution in [2.75, 3.05) is 21.3 Å². The molecule has 1 aliphatic rings. The van der Waals surface area contributed by atoms with Crippen LogP contribution in [0.4, 0.5) is 0 Å². The molecule has 3 rings (SSSR count). The molecule has 0 fully saturated rings. The molecule has 0 spiro atoms. The Morgan fingerprint density at radius 1 is 0.968 bits per heavy atom. The highest BCUT2D eigenvalue weighted by Gasteiger charge is 2.37. The van der Waals surface area contributed by atoms with Crippen LogP contribution < -0.4 is 4.74 Å². The lowest BCUT2D eigenvalue weighted by Gasteiger charge is -2.31. The summed E-state index contributed by atoms with van der Waals surface area (Å²) in [6, 6.07) is 12.7. The lowest BCUT2D eigenvalue weighted by Crippen LogP contribution is -2.28. The van der Waals surface area contributed by atoms with E-state index in [0.29, 0.717) is 22.9 Å². The van der Waals surface area contributed by atoms with Crippen molar-refractivity contribution >= 4 is 39.5 Å². The predicted molar refractivity (Wildman–Crippen MR) is 121 cm³/mol. The molecule has 1 heterocycles. The van der Waals surface area contributed by atoms with Crippen LogP contribution in [0.2, 0.25) is 5.02 Å². The van der Waals surface area contributed by atoms with Crippen molar-refractivity contribution in [2.24, 2.45) is 0 Å². The Hall–Kier alpha value is -2.77. The van der Waals surface area contributed by atoms with Crippen molar-refractivity contribution < 1.29 is 23.8 Å². The largest absolute Gasteiger partial charge is 0.496 e. The summed E-state index contributed by atoms with van der Waals surface area (Å²) in [6.07, 6.45) is 3.36. The zero-order chi connectivity index (χ0) is 22.5. The van der Waals surface area contributed by atoms with Gasteiger partial charge in [0.15, 0.2) is 0 Å². The van der Waals surface area contributed by atoms with Crippen LogP contribution in [0.5, 0.6) is 5.75 Å². The predicted octanol–water partition coefficient (Wildman–Crippen LogP) is 4.82. The quantitative estimate of drug-likeness (QED) is 0.523. The molecular formula is C23H21BrClNO5. The van der Waals surface area contributed by atoms with Crippen LogP contribution >= 0.6 is 27.5 Å². The number of hydrogen-bond donors (Lipinski definition) is 0. The zero-order valence-corrected chi connectivity index (χ0v) is 19.6. The Morgan fingerprint density at radius 2 is 1.55 bits per heavy atom. The van der Waals surface area contributed by atoms with Crippen LogP contribution in [-0.4, -0.2) is 38.2 Å². The summed E-state index contributed by atoms with van der Waals surface area (Å²) < 4.78 is 16.4. The first-order valence-corrected chi connectivity index (χ1v) is 10.5. The normalized spacial score (nSPS) is 13.9.